The molecule has 0 saturated heterocycles. The van der Waals surface area contributed by atoms with Crippen molar-refractivity contribution in [1.82, 2.24) is 20.1 Å². The maximum absolute atomic E-state index is 14.0. The van der Waals surface area contributed by atoms with Crippen molar-refractivity contribution in [1.29, 1.82) is 0 Å². The summed E-state index contributed by atoms with van der Waals surface area (Å²) in [6, 6.07) is 6.38. The van der Waals surface area contributed by atoms with Crippen LogP contribution in [0.4, 0.5) is 4.39 Å². The average Bonchev–Trinajstić information content (AvgIpc) is 2.96. The Morgan fingerprint density at radius 1 is 1.30 bits per heavy atom. The lowest BCUT2D eigenvalue weighted by Gasteiger charge is -2.24. The first-order valence-corrected chi connectivity index (χ1v) is 7.94. The molecule has 0 unspecified atom stereocenters. The molecule has 2 aromatic rings. The van der Waals surface area contributed by atoms with E-state index in [0.29, 0.717) is 12.1 Å². The first-order valence-electron chi connectivity index (χ1n) is 7.94. The molecular formula is C17H21FN4O. The number of rotatable bonds is 4. The van der Waals surface area contributed by atoms with Crippen molar-refractivity contribution in [2.75, 3.05) is 0 Å². The molecule has 0 saturated carbocycles. The van der Waals surface area contributed by atoms with E-state index in [-0.39, 0.29) is 11.7 Å². The molecule has 122 valence electrons. The number of aromatic nitrogens is 3. The van der Waals surface area contributed by atoms with Crippen LogP contribution in [-0.4, -0.2) is 20.7 Å². The van der Waals surface area contributed by atoms with E-state index >= 15 is 0 Å². The number of carbonyl (C=O) groups is 1. The van der Waals surface area contributed by atoms with Crippen molar-refractivity contribution < 1.29 is 9.18 Å². The van der Waals surface area contributed by atoms with Crippen LogP contribution in [-0.2, 0) is 29.7 Å². The highest BCUT2D eigenvalue weighted by Crippen LogP contribution is 2.26. The van der Waals surface area contributed by atoms with E-state index in [1.165, 1.54) is 6.07 Å². The molecule has 0 radical (unpaired) electrons. The molecule has 1 aliphatic rings. The number of carbonyl (C=O) groups excluding carboxylic acids is 1. The number of halogens is 1. The maximum atomic E-state index is 14.0. The molecule has 6 heteroatoms. The third-order valence-electron chi connectivity index (χ3n) is 4.46. The van der Waals surface area contributed by atoms with Crippen LogP contribution < -0.4 is 5.32 Å². The number of hydrogen-bond donors (Lipinski definition) is 1. The summed E-state index contributed by atoms with van der Waals surface area (Å²) in [4.78, 5) is 12.5. The van der Waals surface area contributed by atoms with Crippen molar-refractivity contribution >= 4 is 5.91 Å². The molecule has 0 spiro atoms. The van der Waals surface area contributed by atoms with E-state index < -0.39 is 5.41 Å². The second-order valence-electron chi connectivity index (χ2n) is 6.43. The zero-order valence-electron chi connectivity index (χ0n) is 13.5. The number of benzene rings is 1. The van der Waals surface area contributed by atoms with Gasteiger partial charge in [-0.15, -0.1) is 10.2 Å². The lowest BCUT2D eigenvalue weighted by molar-refractivity contribution is -0.126. The van der Waals surface area contributed by atoms with Crippen molar-refractivity contribution in [3.05, 3.63) is 47.3 Å². The zero-order chi connectivity index (χ0) is 16.4. The van der Waals surface area contributed by atoms with E-state index in [4.69, 9.17) is 0 Å². The van der Waals surface area contributed by atoms with E-state index in [9.17, 15) is 9.18 Å². The lowest BCUT2D eigenvalue weighted by Crippen LogP contribution is -2.40. The number of aryl methyl sites for hydroxylation is 1. The third-order valence-corrected chi connectivity index (χ3v) is 4.46. The minimum Gasteiger partial charge on any atom is -0.348 e. The minimum atomic E-state index is -0.948. The third kappa shape index (κ3) is 2.98. The van der Waals surface area contributed by atoms with Crippen LogP contribution >= 0.6 is 0 Å². The molecule has 1 aliphatic heterocycles. The van der Waals surface area contributed by atoms with Gasteiger partial charge in [-0.25, -0.2) is 4.39 Å². The van der Waals surface area contributed by atoms with Gasteiger partial charge >= 0.3 is 0 Å². The van der Waals surface area contributed by atoms with Crippen LogP contribution in [0.2, 0.25) is 0 Å². The standard InChI is InChI=1S/C17H21FN4O/c1-17(2,12-7-3-4-8-13(12)18)16(23)19-11-15-21-20-14-9-5-6-10-22(14)15/h3-4,7-8H,5-6,9-11H2,1-2H3,(H,19,23). The Morgan fingerprint density at radius 3 is 2.87 bits per heavy atom. The molecule has 0 bridgehead atoms. The SMILES string of the molecule is CC(C)(C(=O)NCc1nnc2n1CCCC2)c1ccccc1F. The molecular weight excluding hydrogens is 295 g/mol. The summed E-state index contributed by atoms with van der Waals surface area (Å²) in [7, 11) is 0. The summed E-state index contributed by atoms with van der Waals surface area (Å²) in [5.74, 6) is 1.15. The Bertz CT molecular complexity index is 723. The van der Waals surface area contributed by atoms with E-state index in [2.05, 4.69) is 20.1 Å². The smallest absolute Gasteiger partial charge is 0.230 e. The van der Waals surface area contributed by atoms with Gasteiger partial charge in [0.25, 0.3) is 0 Å². The van der Waals surface area contributed by atoms with Gasteiger partial charge in [0.2, 0.25) is 5.91 Å². The van der Waals surface area contributed by atoms with Gasteiger partial charge in [-0.1, -0.05) is 18.2 Å². The van der Waals surface area contributed by atoms with E-state index in [1.54, 1.807) is 32.0 Å². The van der Waals surface area contributed by atoms with Gasteiger partial charge in [0.1, 0.15) is 11.6 Å². The second kappa shape index (κ2) is 6.10. The molecule has 0 aliphatic carbocycles. The highest BCUT2D eigenvalue weighted by Gasteiger charge is 2.32. The van der Waals surface area contributed by atoms with Crippen molar-refractivity contribution in [3.8, 4) is 0 Å². The molecule has 1 amide bonds. The topological polar surface area (TPSA) is 59.8 Å². The maximum Gasteiger partial charge on any atom is 0.230 e. The number of nitrogens with zero attached hydrogens (tertiary/aromatic N) is 3. The van der Waals surface area contributed by atoms with Crippen molar-refractivity contribution in [2.45, 2.75) is 51.6 Å². The fourth-order valence-electron chi connectivity index (χ4n) is 2.97. The average molecular weight is 316 g/mol. The van der Waals surface area contributed by atoms with Crippen LogP contribution in [0.5, 0.6) is 0 Å². The molecule has 1 N–H and O–H groups in total. The summed E-state index contributed by atoms with van der Waals surface area (Å²) in [6.45, 7) is 4.65. The molecule has 0 atom stereocenters. The fourth-order valence-corrected chi connectivity index (χ4v) is 2.97. The molecule has 2 heterocycles. The van der Waals surface area contributed by atoms with Crippen LogP contribution in [0.25, 0.3) is 0 Å². The Morgan fingerprint density at radius 2 is 2.09 bits per heavy atom. The monoisotopic (exact) mass is 316 g/mol. The fraction of sp³-hybridized carbons (Fsp3) is 0.471. The number of amides is 1. The Kier molecular flexibility index (Phi) is 4.15. The van der Waals surface area contributed by atoms with Gasteiger partial charge in [-0.3, -0.25) is 4.79 Å². The Balaban J connectivity index is 1.72. The quantitative estimate of drug-likeness (QED) is 0.942. The highest BCUT2D eigenvalue weighted by atomic mass is 19.1. The summed E-state index contributed by atoms with van der Waals surface area (Å²) < 4.78 is 16.0. The number of fused-ring (bicyclic) bond motifs is 1. The molecule has 1 aromatic carbocycles. The normalized spacial score (nSPS) is 14.4. The lowest BCUT2D eigenvalue weighted by atomic mass is 9.83. The zero-order valence-corrected chi connectivity index (χ0v) is 13.5. The molecule has 0 fully saturated rings. The van der Waals surface area contributed by atoms with Crippen LogP contribution in [0.3, 0.4) is 0 Å². The summed E-state index contributed by atoms with van der Waals surface area (Å²) in [6.07, 6.45) is 3.17. The predicted octanol–water partition coefficient (Wildman–Crippen LogP) is 2.35. The summed E-state index contributed by atoms with van der Waals surface area (Å²) in [5.41, 5.74) is -0.559. The van der Waals surface area contributed by atoms with Gasteiger partial charge in [0, 0.05) is 18.5 Å². The molecule has 5 nitrogen and oxygen atoms in total. The number of nitrogens with one attached hydrogen (secondary N) is 1. The van der Waals surface area contributed by atoms with Crippen LogP contribution in [0.15, 0.2) is 24.3 Å². The second-order valence-corrected chi connectivity index (χ2v) is 6.43. The van der Waals surface area contributed by atoms with Gasteiger partial charge in [-0.05, 0) is 32.8 Å². The minimum absolute atomic E-state index is 0.226. The highest BCUT2D eigenvalue weighted by molar-refractivity contribution is 5.87. The summed E-state index contributed by atoms with van der Waals surface area (Å²) >= 11 is 0. The van der Waals surface area contributed by atoms with Crippen LogP contribution in [0, 0.1) is 5.82 Å². The van der Waals surface area contributed by atoms with E-state index in [1.807, 2.05) is 0 Å². The van der Waals surface area contributed by atoms with Crippen molar-refractivity contribution in [2.24, 2.45) is 0 Å². The molecule has 23 heavy (non-hydrogen) atoms. The molecule has 1 aromatic heterocycles. The van der Waals surface area contributed by atoms with E-state index in [0.717, 1.165) is 37.5 Å². The largest absolute Gasteiger partial charge is 0.348 e. The summed E-state index contributed by atoms with van der Waals surface area (Å²) in [5, 5.41) is 11.2. The van der Waals surface area contributed by atoms with Gasteiger partial charge in [0.05, 0.1) is 12.0 Å². The first-order chi connectivity index (χ1) is 11.0. The predicted molar refractivity (Wildman–Crippen MR) is 84.2 cm³/mol. The van der Waals surface area contributed by atoms with Crippen molar-refractivity contribution in [3.63, 3.8) is 0 Å². The van der Waals surface area contributed by atoms with Gasteiger partial charge < -0.3 is 9.88 Å². The van der Waals surface area contributed by atoms with Crippen LogP contribution in [0.1, 0.15) is 43.9 Å². The Hall–Kier alpha value is -2.24. The first kappa shape index (κ1) is 15.6. The molecule has 3 rings (SSSR count). The van der Waals surface area contributed by atoms with Gasteiger partial charge in [0.15, 0.2) is 5.82 Å². The Labute approximate surface area is 134 Å². The van der Waals surface area contributed by atoms with Gasteiger partial charge in [-0.2, -0.15) is 0 Å². The number of hydrogen-bond acceptors (Lipinski definition) is 3.